The van der Waals surface area contributed by atoms with Crippen LogP contribution in [0, 0.1) is 14.9 Å². The lowest BCUT2D eigenvalue weighted by molar-refractivity contribution is -0.138. The maximum Gasteiger partial charge on any atom is 0.417 e. The summed E-state index contributed by atoms with van der Waals surface area (Å²) in [5.74, 6) is -0.264. The number of nitrogens with zero attached hydrogens (tertiary/aromatic N) is 1. The zero-order chi connectivity index (χ0) is 11.6. The molecule has 0 N–H and O–H groups in total. The fraction of sp³-hybridized carbons (Fsp3) is 0.222. The molecule has 15 heavy (non-hydrogen) atoms. The van der Waals surface area contributed by atoms with E-state index in [9.17, 15) is 13.2 Å². The quantitative estimate of drug-likeness (QED) is 0.559. The molecule has 0 saturated carbocycles. The monoisotopic (exact) mass is 345 g/mol. The van der Waals surface area contributed by atoms with Gasteiger partial charge in [-0.25, -0.2) is 0 Å². The second kappa shape index (κ2) is 4.58. The van der Waals surface area contributed by atoms with Gasteiger partial charge in [0.2, 0.25) is 0 Å². The molecule has 0 aliphatic rings. The fourth-order valence-corrected chi connectivity index (χ4v) is 2.35. The third-order valence-electron chi connectivity index (χ3n) is 1.73. The van der Waals surface area contributed by atoms with Crippen LogP contribution in [-0.2, 0) is 12.1 Å². The Balaban J connectivity index is 3.46. The number of halogens is 5. The van der Waals surface area contributed by atoms with Crippen LogP contribution in [0.2, 0.25) is 0 Å². The minimum atomic E-state index is -4.44. The van der Waals surface area contributed by atoms with Gasteiger partial charge in [-0.05, 0) is 40.3 Å². The second-order valence-electron chi connectivity index (χ2n) is 2.74. The van der Waals surface area contributed by atoms with Crippen LogP contribution in [0.15, 0.2) is 12.1 Å². The van der Waals surface area contributed by atoms with Gasteiger partial charge in [0.25, 0.3) is 0 Å². The predicted octanol–water partition coefficient (Wildman–Crippen LogP) is 3.92. The van der Waals surface area contributed by atoms with E-state index in [1.807, 2.05) is 0 Å². The molecule has 1 rings (SSSR count). The van der Waals surface area contributed by atoms with E-state index >= 15 is 0 Å². The topological polar surface area (TPSA) is 23.8 Å². The third-order valence-corrected chi connectivity index (χ3v) is 2.87. The van der Waals surface area contributed by atoms with Crippen LogP contribution in [0.5, 0.6) is 0 Å². The summed E-state index contributed by atoms with van der Waals surface area (Å²) in [6.45, 7) is 0. The van der Waals surface area contributed by atoms with Gasteiger partial charge in [-0.15, -0.1) is 11.6 Å². The molecule has 1 aromatic carbocycles. The summed E-state index contributed by atoms with van der Waals surface area (Å²) in [7, 11) is 0. The van der Waals surface area contributed by atoms with Gasteiger partial charge >= 0.3 is 6.18 Å². The number of benzene rings is 1. The number of hydrogen-bond acceptors (Lipinski definition) is 1. The highest BCUT2D eigenvalue weighted by molar-refractivity contribution is 14.1. The molecule has 0 radical (unpaired) electrons. The highest BCUT2D eigenvalue weighted by atomic mass is 127. The fourth-order valence-electron chi connectivity index (χ4n) is 1.15. The smallest absolute Gasteiger partial charge is 0.192 e. The SMILES string of the molecule is N#Cc1cc(I)c(C(F)(F)F)c(CCl)c1. The first-order valence-electron chi connectivity index (χ1n) is 3.76. The summed E-state index contributed by atoms with van der Waals surface area (Å²) < 4.78 is 37.8. The lowest BCUT2D eigenvalue weighted by Crippen LogP contribution is -2.11. The van der Waals surface area contributed by atoms with Crippen LogP contribution in [0.3, 0.4) is 0 Å². The zero-order valence-corrected chi connectivity index (χ0v) is 10.1. The molecule has 0 bridgehead atoms. The van der Waals surface area contributed by atoms with Gasteiger partial charge in [0.1, 0.15) is 0 Å². The minimum Gasteiger partial charge on any atom is -0.192 e. The van der Waals surface area contributed by atoms with E-state index in [1.165, 1.54) is 6.07 Å². The van der Waals surface area contributed by atoms with E-state index in [1.54, 1.807) is 28.7 Å². The summed E-state index contributed by atoms with van der Waals surface area (Å²) in [6.07, 6.45) is -4.44. The van der Waals surface area contributed by atoms with Crippen LogP contribution in [-0.4, -0.2) is 0 Å². The molecule has 0 unspecified atom stereocenters. The highest BCUT2D eigenvalue weighted by Gasteiger charge is 2.35. The van der Waals surface area contributed by atoms with Crippen molar-refractivity contribution in [2.45, 2.75) is 12.1 Å². The average molecular weight is 345 g/mol. The van der Waals surface area contributed by atoms with Gasteiger partial charge in [0.15, 0.2) is 0 Å². The molecule has 0 heterocycles. The molecule has 0 saturated heterocycles. The Bertz CT molecular complexity index is 423. The number of alkyl halides is 4. The maximum absolute atomic E-state index is 12.6. The summed E-state index contributed by atoms with van der Waals surface area (Å²) in [6, 6.07) is 4.15. The minimum absolute atomic E-state index is 0.00481. The lowest BCUT2D eigenvalue weighted by Gasteiger charge is -2.13. The molecule has 0 atom stereocenters. The van der Waals surface area contributed by atoms with Crippen molar-refractivity contribution >= 4 is 34.2 Å². The first-order valence-corrected chi connectivity index (χ1v) is 5.37. The number of rotatable bonds is 1. The number of hydrogen-bond donors (Lipinski definition) is 0. The van der Waals surface area contributed by atoms with Crippen molar-refractivity contribution in [3.05, 3.63) is 32.4 Å². The Morgan fingerprint density at radius 1 is 1.40 bits per heavy atom. The molecule has 6 heteroatoms. The van der Waals surface area contributed by atoms with Crippen molar-refractivity contribution in [1.29, 1.82) is 5.26 Å². The van der Waals surface area contributed by atoms with E-state index in [-0.39, 0.29) is 20.6 Å². The van der Waals surface area contributed by atoms with Crippen molar-refractivity contribution in [3.63, 3.8) is 0 Å². The summed E-state index contributed by atoms with van der Waals surface area (Å²) in [4.78, 5) is 0. The molecule has 0 aliphatic heterocycles. The molecule has 1 aromatic rings. The van der Waals surface area contributed by atoms with E-state index < -0.39 is 11.7 Å². The lowest BCUT2D eigenvalue weighted by atomic mass is 10.1. The first-order chi connectivity index (χ1) is 6.90. The highest BCUT2D eigenvalue weighted by Crippen LogP contribution is 2.36. The molecule has 80 valence electrons. The first kappa shape index (κ1) is 12.6. The van der Waals surface area contributed by atoms with E-state index in [0.717, 1.165) is 6.07 Å². The van der Waals surface area contributed by atoms with Crippen molar-refractivity contribution in [2.24, 2.45) is 0 Å². The average Bonchev–Trinajstić information content (AvgIpc) is 2.14. The Morgan fingerprint density at radius 3 is 2.40 bits per heavy atom. The Kier molecular flexibility index (Phi) is 3.84. The molecular weight excluding hydrogens is 341 g/mol. The molecule has 0 fully saturated rings. The largest absolute Gasteiger partial charge is 0.417 e. The normalized spacial score (nSPS) is 11.2. The van der Waals surface area contributed by atoms with Gasteiger partial charge in [-0.3, -0.25) is 0 Å². The second-order valence-corrected chi connectivity index (χ2v) is 4.16. The van der Waals surface area contributed by atoms with Gasteiger partial charge in [0.05, 0.1) is 17.2 Å². The maximum atomic E-state index is 12.6. The van der Waals surface area contributed by atoms with Crippen LogP contribution in [0.1, 0.15) is 16.7 Å². The van der Waals surface area contributed by atoms with Crippen molar-refractivity contribution < 1.29 is 13.2 Å². The molecule has 0 aliphatic carbocycles. The number of nitriles is 1. The van der Waals surface area contributed by atoms with Crippen LogP contribution >= 0.6 is 34.2 Å². The molecule has 0 aromatic heterocycles. The zero-order valence-electron chi connectivity index (χ0n) is 7.20. The standard InChI is InChI=1S/C9H4ClF3IN/c10-3-6-1-5(4-15)2-7(14)8(6)9(11,12)13/h1-2H,3H2. The van der Waals surface area contributed by atoms with Gasteiger partial charge < -0.3 is 0 Å². The van der Waals surface area contributed by atoms with Crippen molar-refractivity contribution in [2.75, 3.05) is 0 Å². The summed E-state index contributed by atoms with van der Waals surface area (Å²) in [5, 5.41) is 8.60. The van der Waals surface area contributed by atoms with Gasteiger partial charge in [-0.1, -0.05) is 0 Å². The molecule has 1 nitrogen and oxygen atoms in total. The van der Waals surface area contributed by atoms with Crippen LogP contribution < -0.4 is 0 Å². The van der Waals surface area contributed by atoms with Gasteiger partial charge in [0, 0.05) is 9.45 Å². The Hall–Kier alpha value is -0.480. The van der Waals surface area contributed by atoms with Crippen LogP contribution in [0.4, 0.5) is 13.2 Å². The van der Waals surface area contributed by atoms with Crippen LogP contribution in [0.25, 0.3) is 0 Å². The Labute approximate surface area is 103 Å². The third kappa shape index (κ3) is 2.75. The van der Waals surface area contributed by atoms with Crippen molar-refractivity contribution in [3.8, 4) is 6.07 Å². The van der Waals surface area contributed by atoms with Gasteiger partial charge in [-0.2, -0.15) is 18.4 Å². The van der Waals surface area contributed by atoms with Crippen molar-refractivity contribution in [1.82, 2.24) is 0 Å². The predicted molar refractivity (Wildman–Crippen MR) is 58.4 cm³/mol. The summed E-state index contributed by atoms with van der Waals surface area (Å²) >= 11 is 6.98. The van der Waals surface area contributed by atoms with E-state index in [4.69, 9.17) is 16.9 Å². The Morgan fingerprint density at radius 2 is 2.00 bits per heavy atom. The van der Waals surface area contributed by atoms with E-state index in [2.05, 4.69) is 0 Å². The van der Waals surface area contributed by atoms with E-state index in [0.29, 0.717) is 0 Å². The summed E-state index contributed by atoms with van der Waals surface area (Å²) in [5.41, 5.74) is -0.632. The molecule has 0 spiro atoms. The molecule has 0 amide bonds. The molecular formula is C9H4ClF3IN.